The van der Waals surface area contributed by atoms with Gasteiger partial charge in [0.15, 0.2) is 0 Å². The van der Waals surface area contributed by atoms with Crippen LogP contribution in [0.25, 0.3) is 0 Å². The number of hydrogen-bond acceptors (Lipinski definition) is 1. The van der Waals surface area contributed by atoms with E-state index in [0.29, 0.717) is 5.71 Å². The van der Waals surface area contributed by atoms with Crippen LogP contribution < -0.4 is 0 Å². The molecule has 0 atom stereocenters. The molecular formula is C7H7BrClN3. The monoisotopic (exact) mass is 247 g/mol. The topological polar surface area (TPSA) is 52.0 Å². The number of aromatic amines is 1. The number of aliphatic imine (C=N–C) groups is 1. The van der Waals surface area contributed by atoms with Crippen LogP contribution in [0.4, 0.5) is 0 Å². The molecule has 0 bridgehead atoms. The van der Waals surface area contributed by atoms with E-state index < -0.39 is 0 Å². The van der Waals surface area contributed by atoms with Gasteiger partial charge in [0.05, 0.1) is 11.4 Å². The van der Waals surface area contributed by atoms with E-state index in [9.17, 15) is 0 Å². The Morgan fingerprint density at radius 1 is 1.75 bits per heavy atom. The van der Waals surface area contributed by atoms with Crippen LogP contribution in [0.1, 0.15) is 12.6 Å². The fourth-order valence-corrected chi connectivity index (χ4v) is 1.25. The molecule has 1 aromatic heterocycles. The summed E-state index contributed by atoms with van der Waals surface area (Å²) < 4.78 is 0.952. The Morgan fingerprint density at radius 2 is 2.42 bits per heavy atom. The average Bonchev–Trinajstić information content (AvgIpc) is 2.34. The van der Waals surface area contributed by atoms with E-state index in [2.05, 4.69) is 25.9 Å². The van der Waals surface area contributed by atoms with Gasteiger partial charge in [0, 0.05) is 10.7 Å². The number of H-pyrrole nitrogens is 1. The molecule has 12 heavy (non-hydrogen) atoms. The fraction of sp³-hybridized carbons (Fsp3) is 0.143. The number of amidine groups is 1. The van der Waals surface area contributed by atoms with Crippen molar-refractivity contribution < 1.29 is 0 Å². The highest BCUT2D eigenvalue weighted by Gasteiger charge is 2.00. The molecule has 1 aromatic rings. The zero-order valence-corrected chi connectivity index (χ0v) is 8.70. The molecule has 64 valence electrons. The van der Waals surface area contributed by atoms with Gasteiger partial charge in [-0.25, -0.2) is 4.99 Å². The number of halogens is 2. The van der Waals surface area contributed by atoms with Crippen LogP contribution in [-0.4, -0.2) is 16.0 Å². The van der Waals surface area contributed by atoms with Crippen molar-refractivity contribution in [2.45, 2.75) is 6.92 Å². The molecule has 0 fully saturated rings. The van der Waals surface area contributed by atoms with Crippen molar-refractivity contribution in [2.75, 3.05) is 0 Å². The van der Waals surface area contributed by atoms with Gasteiger partial charge in [-0.15, -0.1) is 0 Å². The third-order valence-electron chi connectivity index (χ3n) is 1.30. The predicted molar refractivity (Wildman–Crippen MR) is 54.3 cm³/mol. The summed E-state index contributed by atoms with van der Waals surface area (Å²) in [5, 5.41) is 6.72. The minimum Gasteiger partial charge on any atom is -0.359 e. The van der Waals surface area contributed by atoms with Crippen molar-refractivity contribution in [3.05, 3.63) is 22.4 Å². The second kappa shape index (κ2) is 3.87. The highest BCUT2D eigenvalue weighted by molar-refractivity contribution is 9.10. The maximum atomic E-state index is 6.93. The van der Waals surface area contributed by atoms with Crippen LogP contribution in [-0.2, 0) is 0 Å². The summed E-state index contributed by atoms with van der Waals surface area (Å²) in [5.74, 6) is 0. The van der Waals surface area contributed by atoms with E-state index in [1.165, 1.54) is 0 Å². The highest BCUT2D eigenvalue weighted by Crippen LogP contribution is 2.11. The first kappa shape index (κ1) is 9.48. The average molecular weight is 249 g/mol. The quantitative estimate of drug-likeness (QED) is 0.436. The Kier molecular flexibility index (Phi) is 3.05. The summed E-state index contributed by atoms with van der Waals surface area (Å²) in [7, 11) is 0. The van der Waals surface area contributed by atoms with Gasteiger partial charge >= 0.3 is 0 Å². The number of nitrogens with zero attached hydrogens (tertiary/aromatic N) is 1. The lowest BCUT2D eigenvalue weighted by molar-refractivity contribution is 1.35. The Bertz CT molecular complexity index is 329. The largest absolute Gasteiger partial charge is 0.359 e. The molecule has 5 heteroatoms. The van der Waals surface area contributed by atoms with Gasteiger partial charge in [0.1, 0.15) is 0 Å². The van der Waals surface area contributed by atoms with Crippen LogP contribution in [0.3, 0.4) is 0 Å². The minimum atomic E-state index is -0.210. The Hall–Kier alpha value is -0.610. The third kappa shape index (κ3) is 2.46. The van der Waals surface area contributed by atoms with E-state index in [1.807, 2.05) is 6.07 Å². The smallest absolute Gasteiger partial charge is 0.215 e. The lowest BCUT2D eigenvalue weighted by atomic mass is 10.3. The third-order valence-corrected chi connectivity index (χ3v) is 1.85. The molecule has 1 rings (SSSR count). The SMILES string of the molecule is C/C(=N/C(=N)Cl)c1cc(Br)c[nH]1. The lowest BCUT2D eigenvalue weighted by Crippen LogP contribution is -1.96. The molecular weight excluding hydrogens is 241 g/mol. The van der Waals surface area contributed by atoms with Gasteiger partial charge in [-0.05, 0) is 40.5 Å². The number of nitrogens with one attached hydrogen (secondary N) is 2. The van der Waals surface area contributed by atoms with Crippen molar-refractivity contribution in [3.8, 4) is 0 Å². The van der Waals surface area contributed by atoms with Crippen molar-refractivity contribution in [3.63, 3.8) is 0 Å². The maximum Gasteiger partial charge on any atom is 0.215 e. The molecule has 0 unspecified atom stereocenters. The molecule has 0 aliphatic heterocycles. The Labute approximate surface area is 83.5 Å². The zero-order chi connectivity index (χ0) is 9.14. The van der Waals surface area contributed by atoms with Gasteiger partial charge in [0.2, 0.25) is 5.29 Å². The lowest BCUT2D eigenvalue weighted by Gasteiger charge is -1.93. The second-order valence-corrected chi connectivity index (χ2v) is 3.49. The fourth-order valence-electron chi connectivity index (χ4n) is 0.784. The number of hydrogen-bond donors (Lipinski definition) is 2. The van der Waals surface area contributed by atoms with Crippen molar-refractivity contribution in [1.82, 2.24) is 4.98 Å². The van der Waals surface area contributed by atoms with Crippen molar-refractivity contribution in [2.24, 2.45) is 4.99 Å². The molecule has 0 saturated carbocycles. The summed E-state index contributed by atoms with van der Waals surface area (Å²) in [4.78, 5) is 6.75. The van der Waals surface area contributed by atoms with E-state index in [4.69, 9.17) is 17.0 Å². The van der Waals surface area contributed by atoms with Crippen LogP contribution >= 0.6 is 27.5 Å². The molecule has 1 heterocycles. The Morgan fingerprint density at radius 3 is 2.83 bits per heavy atom. The first-order valence-electron chi connectivity index (χ1n) is 3.23. The van der Waals surface area contributed by atoms with Crippen molar-refractivity contribution in [1.29, 1.82) is 5.41 Å². The zero-order valence-electron chi connectivity index (χ0n) is 6.36. The predicted octanol–water partition coefficient (Wildman–Crippen LogP) is 2.76. The molecule has 2 N–H and O–H groups in total. The second-order valence-electron chi connectivity index (χ2n) is 2.22. The van der Waals surface area contributed by atoms with Crippen LogP contribution in [0, 0.1) is 5.41 Å². The van der Waals surface area contributed by atoms with Gasteiger partial charge < -0.3 is 4.98 Å². The van der Waals surface area contributed by atoms with E-state index in [1.54, 1.807) is 13.1 Å². The first-order valence-corrected chi connectivity index (χ1v) is 4.40. The Balaban J connectivity index is 2.91. The molecule has 0 saturated heterocycles. The van der Waals surface area contributed by atoms with Crippen molar-refractivity contribution >= 4 is 38.5 Å². The molecule has 0 aromatic carbocycles. The summed E-state index contributed by atoms with van der Waals surface area (Å²) in [6, 6.07) is 1.87. The van der Waals surface area contributed by atoms with Gasteiger partial charge in [-0.1, -0.05) is 0 Å². The summed E-state index contributed by atoms with van der Waals surface area (Å²) in [6.45, 7) is 1.79. The molecule has 0 aliphatic carbocycles. The number of rotatable bonds is 1. The van der Waals surface area contributed by atoms with E-state index in [0.717, 1.165) is 10.2 Å². The first-order chi connectivity index (χ1) is 5.59. The summed E-state index contributed by atoms with van der Waals surface area (Å²) >= 11 is 8.59. The van der Waals surface area contributed by atoms with E-state index >= 15 is 0 Å². The molecule has 0 aliphatic rings. The molecule has 0 radical (unpaired) electrons. The van der Waals surface area contributed by atoms with E-state index in [-0.39, 0.29) is 5.29 Å². The maximum absolute atomic E-state index is 6.93. The van der Waals surface area contributed by atoms with Gasteiger partial charge in [-0.3, -0.25) is 5.41 Å². The van der Waals surface area contributed by atoms with Crippen LogP contribution in [0.2, 0.25) is 0 Å². The van der Waals surface area contributed by atoms with Gasteiger partial charge in [0.25, 0.3) is 0 Å². The highest BCUT2D eigenvalue weighted by atomic mass is 79.9. The summed E-state index contributed by atoms with van der Waals surface area (Å²) in [6.07, 6.45) is 1.80. The van der Waals surface area contributed by atoms with Crippen LogP contribution in [0.15, 0.2) is 21.7 Å². The summed E-state index contributed by atoms with van der Waals surface area (Å²) in [5.41, 5.74) is 1.55. The van der Waals surface area contributed by atoms with Crippen LogP contribution in [0.5, 0.6) is 0 Å². The number of aromatic nitrogens is 1. The molecule has 0 spiro atoms. The molecule has 3 nitrogen and oxygen atoms in total. The van der Waals surface area contributed by atoms with Gasteiger partial charge in [-0.2, -0.15) is 0 Å². The molecule has 0 amide bonds. The minimum absolute atomic E-state index is 0.210. The normalized spacial score (nSPS) is 11.8. The standard InChI is InChI=1S/C7H7BrClN3/c1-4(12-7(9)10)6-2-5(8)3-11-6/h2-3,10-11H,1H3/b10-7?,12-4-.